The van der Waals surface area contributed by atoms with E-state index < -0.39 is 30.7 Å². The van der Waals surface area contributed by atoms with Gasteiger partial charge in [0, 0.05) is 24.1 Å². The molecular formula is C14H18O8. The zero-order valence-corrected chi connectivity index (χ0v) is 11.7. The van der Waals surface area contributed by atoms with Crippen LogP contribution in [0.2, 0.25) is 0 Å². The summed E-state index contributed by atoms with van der Waals surface area (Å²) in [6.45, 7) is -0.841. The summed E-state index contributed by atoms with van der Waals surface area (Å²) < 4.78 is 16.0. The summed E-state index contributed by atoms with van der Waals surface area (Å²) in [5.74, 6) is 0.459. The van der Waals surface area contributed by atoms with Gasteiger partial charge in [0.15, 0.2) is 0 Å². The van der Waals surface area contributed by atoms with Crippen LogP contribution in [0.3, 0.4) is 0 Å². The number of phenols is 1. The average Bonchev–Trinajstić information content (AvgIpc) is 2.77. The van der Waals surface area contributed by atoms with Crippen molar-refractivity contribution in [2.24, 2.45) is 0 Å². The summed E-state index contributed by atoms with van der Waals surface area (Å²) in [7, 11) is 0. The van der Waals surface area contributed by atoms with Crippen molar-refractivity contribution < 1.29 is 39.7 Å². The van der Waals surface area contributed by atoms with E-state index in [0.717, 1.165) is 0 Å². The van der Waals surface area contributed by atoms with Gasteiger partial charge >= 0.3 is 0 Å². The average molecular weight is 314 g/mol. The van der Waals surface area contributed by atoms with Crippen LogP contribution >= 0.6 is 0 Å². The quantitative estimate of drug-likeness (QED) is 0.456. The minimum absolute atomic E-state index is 0.102. The molecule has 1 aromatic carbocycles. The molecule has 8 heteroatoms. The van der Waals surface area contributed by atoms with Gasteiger partial charge in [0.2, 0.25) is 6.29 Å². The first-order valence-electron chi connectivity index (χ1n) is 6.89. The van der Waals surface area contributed by atoms with Gasteiger partial charge in [0.05, 0.1) is 19.3 Å². The monoisotopic (exact) mass is 314 g/mol. The van der Waals surface area contributed by atoms with Gasteiger partial charge in [-0.25, -0.2) is 0 Å². The summed E-state index contributed by atoms with van der Waals surface area (Å²) in [5.41, 5.74) is -1.26. The van der Waals surface area contributed by atoms with Crippen LogP contribution in [0.25, 0.3) is 0 Å². The van der Waals surface area contributed by atoms with Gasteiger partial charge in [0.1, 0.15) is 35.6 Å². The number of hydrogen-bond donors (Lipinski definition) is 5. The summed E-state index contributed by atoms with van der Waals surface area (Å²) in [5, 5.41) is 48.4. The lowest BCUT2D eigenvalue weighted by atomic mass is 10.0. The molecule has 2 heterocycles. The molecule has 0 unspecified atom stereocenters. The lowest BCUT2D eigenvalue weighted by Gasteiger charge is -2.27. The maximum absolute atomic E-state index is 9.99. The fraction of sp³-hybridized carbons (Fsp3) is 0.571. The van der Waals surface area contributed by atoms with Crippen LogP contribution in [-0.4, -0.2) is 69.5 Å². The Bertz CT molecular complexity index is 562. The van der Waals surface area contributed by atoms with Crippen molar-refractivity contribution in [2.45, 2.75) is 30.5 Å². The fourth-order valence-electron chi connectivity index (χ4n) is 2.54. The number of rotatable bonds is 3. The lowest BCUT2D eigenvalue weighted by molar-refractivity contribution is -0.116. The molecule has 1 saturated heterocycles. The van der Waals surface area contributed by atoms with Gasteiger partial charge in [0.25, 0.3) is 0 Å². The predicted molar refractivity (Wildman–Crippen MR) is 71.7 cm³/mol. The van der Waals surface area contributed by atoms with Crippen LogP contribution in [0.15, 0.2) is 12.1 Å². The summed E-state index contributed by atoms with van der Waals surface area (Å²) >= 11 is 0. The van der Waals surface area contributed by atoms with E-state index in [1.54, 1.807) is 0 Å². The predicted octanol–water partition coefficient (Wildman–Crippen LogP) is -1.49. The third-order valence-corrected chi connectivity index (χ3v) is 3.85. The van der Waals surface area contributed by atoms with E-state index in [1.807, 2.05) is 0 Å². The topological polar surface area (TPSA) is 129 Å². The summed E-state index contributed by atoms with van der Waals surface area (Å²) in [6, 6.07) is 2.72. The second-order valence-corrected chi connectivity index (χ2v) is 5.59. The first-order chi connectivity index (χ1) is 10.4. The molecule has 0 bridgehead atoms. The van der Waals surface area contributed by atoms with Gasteiger partial charge < -0.3 is 39.7 Å². The molecular weight excluding hydrogens is 296 g/mol. The third kappa shape index (κ3) is 2.59. The summed E-state index contributed by atoms with van der Waals surface area (Å²) in [6.07, 6.45) is -3.10. The fourth-order valence-corrected chi connectivity index (χ4v) is 2.54. The number of phenolic OH excluding ortho intramolecular Hbond substituents is 1. The van der Waals surface area contributed by atoms with Crippen LogP contribution in [-0.2, 0) is 11.2 Å². The highest BCUT2D eigenvalue weighted by molar-refractivity contribution is 5.51. The van der Waals surface area contributed by atoms with Gasteiger partial charge in [-0.05, 0) is 0 Å². The van der Waals surface area contributed by atoms with Gasteiger partial charge in [-0.1, -0.05) is 0 Å². The SMILES string of the molecule is OC[C@@]1(O)CO[C@@H](Oc2cc(O)cc3c2C[C@H](O)CO3)[C@@H]1O. The molecule has 5 N–H and O–H groups in total. The number of aromatic hydroxyl groups is 1. The van der Waals surface area contributed by atoms with E-state index in [0.29, 0.717) is 11.3 Å². The first-order valence-corrected chi connectivity index (χ1v) is 6.89. The van der Waals surface area contributed by atoms with Crippen molar-refractivity contribution in [2.75, 3.05) is 19.8 Å². The molecule has 8 nitrogen and oxygen atoms in total. The van der Waals surface area contributed by atoms with Crippen LogP contribution in [0, 0.1) is 0 Å². The first kappa shape index (κ1) is 15.3. The minimum Gasteiger partial charge on any atom is -0.508 e. The molecule has 0 aliphatic carbocycles. The Morgan fingerprint density at radius 1 is 1.32 bits per heavy atom. The smallest absolute Gasteiger partial charge is 0.229 e. The van der Waals surface area contributed by atoms with Gasteiger partial charge in [-0.2, -0.15) is 0 Å². The Hall–Kier alpha value is -1.58. The Labute approximate surface area is 126 Å². The highest BCUT2D eigenvalue weighted by Crippen LogP contribution is 2.39. The van der Waals surface area contributed by atoms with E-state index in [9.17, 15) is 20.4 Å². The van der Waals surface area contributed by atoms with Crippen molar-refractivity contribution in [3.63, 3.8) is 0 Å². The molecule has 2 aliphatic rings. The van der Waals surface area contributed by atoms with E-state index in [4.69, 9.17) is 19.3 Å². The molecule has 0 aromatic heterocycles. The standard InChI is InChI=1S/C14H18O8/c15-5-14(19)6-21-13(12(14)18)22-11-3-7(16)2-10-9(11)1-8(17)4-20-10/h2-3,8,12-13,15-19H,1,4-6H2/t8-,12-,13-,14+/m0/s1. The van der Waals surface area contributed by atoms with Crippen molar-refractivity contribution in [3.8, 4) is 17.2 Å². The third-order valence-electron chi connectivity index (χ3n) is 3.85. The number of benzene rings is 1. The van der Waals surface area contributed by atoms with Crippen molar-refractivity contribution in [1.82, 2.24) is 0 Å². The number of hydrogen-bond acceptors (Lipinski definition) is 8. The molecule has 4 atom stereocenters. The number of fused-ring (bicyclic) bond motifs is 1. The molecule has 122 valence electrons. The lowest BCUT2D eigenvalue weighted by Crippen LogP contribution is -2.48. The van der Waals surface area contributed by atoms with Crippen molar-refractivity contribution in [3.05, 3.63) is 17.7 Å². The molecule has 1 fully saturated rings. The molecule has 3 rings (SSSR count). The number of aliphatic hydroxyl groups excluding tert-OH is 3. The molecule has 22 heavy (non-hydrogen) atoms. The molecule has 0 radical (unpaired) electrons. The zero-order valence-electron chi connectivity index (χ0n) is 11.7. The van der Waals surface area contributed by atoms with Crippen LogP contribution in [0.1, 0.15) is 5.56 Å². The second kappa shape index (κ2) is 5.56. The number of aliphatic hydroxyl groups is 4. The summed E-state index contributed by atoms with van der Waals surface area (Å²) in [4.78, 5) is 0. The van der Waals surface area contributed by atoms with E-state index in [2.05, 4.69) is 0 Å². The molecule has 1 aromatic rings. The largest absolute Gasteiger partial charge is 0.508 e. The number of ether oxygens (including phenoxy) is 3. The van der Waals surface area contributed by atoms with E-state index in [-0.39, 0.29) is 31.1 Å². The molecule has 0 amide bonds. The molecule has 0 spiro atoms. The van der Waals surface area contributed by atoms with E-state index in [1.165, 1.54) is 12.1 Å². The minimum atomic E-state index is -1.79. The van der Waals surface area contributed by atoms with Crippen LogP contribution < -0.4 is 9.47 Å². The normalized spacial score (nSPS) is 34.1. The maximum atomic E-state index is 9.99. The van der Waals surface area contributed by atoms with Crippen LogP contribution in [0.5, 0.6) is 17.2 Å². The van der Waals surface area contributed by atoms with Crippen LogP contribution in [0.4, 0.5) is 0 Å². The van der Waals surface area contributed by atoms with Crippen molar-refractivity contribution in [1.29, 1.82) is 0 Å². The highest BCUT2D eigenvalue weighted by Gasteiger charge is 2.49. The van der Waals surface area contributed by atoms with Crippen molar-refractivity contribution >= 4 is 0 Å². The van der Waals surface area contributed by atoms with Gasteiger partial charge in [-0.15, -0.1) is 0 Å². The Morgan fingerprint density at radius 3 is 2.77 bits per heavy atom. The maximum Gasteiger partial charge on any atom is 0.229 e. The molecule has 0 saturated carbocycles. The Balaban J connectivity index is 1.86. The molecule has 2 aliphatic heterocycles. The van der Waals surface area contributed by atoms with E-state index >= 15 is 0 Å². The highest BCUT2D eigenvalue weighted by atomic mass is 16.7. The zero-order chi connectivity index (χ0) is 15.9. The second-order valence-electron chi connectivity index (χ2n) is 5.59. The Kier molecular flexibility index (Phi) is 3.87. The van der Waals surface area contributed by atoms with Gasteiger partial charge in [-0.3, -0.25) is 0 Å². The Morgan fingerprint density at radius 2 is 2.09 bits per heavy atom.